The van der Waals surface area contributed by atoms with Crippen LogP contribution < -0.4 is 10.1 Å². The Labute approximate surface area is 183 Å². The Bertz CT molecular complexity index is 1030. The molecule has 2 N–H and O–H groups in total. The molecule has 0 unspecified atom stereocenters. The zero-order valence-electron chi connectivity index (χ0n) is 14.9. The van der Waals surface area contributed by atoms with Crippen LogP contribution in [0.15, 0.2) is 45.8 Å². The summed E-state index contributed by atoms with van der Waals surface area (Å²) in [6.45, 7) is -0.431. The van der Waals surface area contributed by atoms with Crippen molar-refractivity contribution in [2.45, 2.75) is 0 Å². The van der Waals surface area contributed by atoms with E-state index in [0.717, 1.165) is 4.90 Å². The Kier molecular flexibility index (Phi) is 6.51. The second-order valence-corrected chi connectivity index (χ2v) is 8.19. The quantitative estimate of drug-likeness (QED) is 0.591. The van der Waals surface area contributed by atoms with Gasteiger partial charge >= 0.3 is 0 Å². The number of aromatic hydroxyl groups is 1. The Hall–Kier alpha value is -2.49. The van der Waals surface area contributed by atoms with Crippen molar-refractivity contribution < 1.29 is 24.2 Å². The number of phenolic OH excluding ortho intramolecular Hbond substituents is 1. The van der Waals surface area contributed by atoms with Gasteiger partial charge in [-0.15, -0.1) is 0 Å². The number of methoxy groups -OCH3 is 1. The van der Waals surface area contributed by atoms with Crippen molar-refractivity contribution in [1.29, 1.82) is 0 Å². The Morgan fingerprint density at radius 1 is 1.31 bits per heavy atom. The molecule has 29 heavy (non-hydrogen) atoms. The molecule has 0 aromatic heterocycles. The molecule has 150 valence electrons. The fourth-order valence-electron chi connectivity index (χ4n) is 2.49. The molecule has 7 nitrogen and oxygen atoms in total. The summed E-state index contributed by atoms with van der Waals surface area (Å²) >= 11 is 9.86. The summed E-state index contributed by atoms with van der Waals surface area (Å²) < 4.78 is 5.65. The molecule has 0 radical (unpaired) electrons. The lowest BCUT2D eigenvalue weighted by Crippen LogP contribution is -2.36. The van der Waals surface area contributed by atoms with E-state index in [9.17, 15) is 19.5 Å². The van der Waals surface area contributed by atoms with Crippen molar-refractivity contribution in [3.05, 3.63) is 56.4 Å². The maximum atomic E-state index is 12.6. The van der Waals surface area contributed by atoms with Crippen LogP contribution in [0.4, 0.5) is 10.5 Å². The fourth-order valence-corrected chi connectivity index (χ4v) is 4.16. The third kappa shape index (κ3) is 4.92. The Balaban J connectivity index is 1.72. The summed E-state index contributed by atoms with van der Waals surface area (Å²) in [6, 6.07) is 9.70. The molecule has 0 atom stereocenters. The molecule has 0 aliphatic carbocycles. The number of carbonyl (C=O) groups excluding carboxylic acids is 3. The van der Waals surface area contributed by atoms with Crippen molar-refractivity contribution in [3.63, 3.8) is 0 Å². The molecular formula is C19H14BrClN2O5S. The minimum absolute atomic E-state index is 0.0803. The summed E-state index contributed by atoms with van der Waals surface area (Å²) in [5, 5.41) is 12.2. The van der Waals surface area contributed by atoms with Gasteiger partial charge in [-0.3, -0.25) is 19.3 Å². The molecule has 0 bridgehead atoms. The maximum absolute atomic E-state index is 12.6. The Morgan fingerprint density at radius 2 is 2.00 bits per heavy atom. The first kappa shape index (κ1) is 21.2. The predicted molar refractivity (Wildman–Crippen MR) is 115 cm³/mol. The normalized spacial score (nSPS) is 15.1. The summed E-state index contributed by atoms with van der Waals surface area (Å²) in [7, 11) is 1.53. The van der Waals surface area contributed by atoms with Crippen LogP contribution in [-0.2, 0) is 9.59 Å². The average Bonchev–Trinajstić information content (AvgIpc) is 2.93. The zero-order valence-corrected chi connectivity index (χ0v) is 18.1. The van der Waals surface area contributed by atoms with Crippen LogP contribution in [-0.4, -0.2) is 40.7 Å². The molecule has 1 saturated heterocycles. The number of nitrogens with one attached hydrogen (secondary N) is 1. The second kappa shape index (κ2) is 8.89. The number of thioether (sulfide) groups is 1. The molecule has 0 spiro atoms. The number of hydrogen-bond donors (Lipinski definition) is 2. The summed E-state index contributed by atoms with van der Waals surface area (Å²) in [5.74, 6) is -0.721. The fraction of sp³-hybridized carbons (Fsp3) is 0.105. The van der Waals surface area contributed by atoms with E-state index in [1.165, 1.54) is 19.3 Å². The van der Waals surface area contributed by atoms with Crippen LogP contribution in [0.25, 0.3) is 6.08 Å². The van der Waals surface area contributed by atoms with E-state index < -0.39 is 23.6 Å². The molecule has 2 aromatic carbocycles. The molecule has 1 aliphatic rings. The third-order valence-corrected chi connectivity index (χ3v) is 5.55. The van der Waals surface area contributed by atoms with Gasteiger partial charge < -0.3 is 15.2 Å². The van der Waals surface area contributed by atoms with Gasteiger partial charge in [0, 0.05) is 15.7 Å². The molecule has 1 fully saturated rings. The van der Waals surface area contributed by atoms with Gasteiger partial charge in [-0.05, 0) is 54.2 Å². The van der Waals surface area contributed by atoms with Gasteiger partial charge in [-0.25, -0.2) is 0 Å². The van der Waals surface area contributed by atoms with Crippen LogP contribution >= 0.6 is 39.3 Å². The molecule has 3 rings (SSSR count). The lowest BCUT2D eigenvalue weighted by Gasteiger charge is -2.12. The highest BCUT2D eigenvalue weighted by molar-refractivity contribution is 9.10. The van der Waals surface area contributed by atoms with Gasteiger partial charge in [-0.1, -0.05) is 27.5 Å². The van der Waals surface area contributed by atoms with Crippen LogP contribution in [0.1, 0.15) is 5.56 Å². The van der Waals surface area contributed by atoms with Crippen molar-refractivity contribution in [3.8, 4) is 11.5 Å². The number of anilines is 1. The highest BCUT2D eigenvalue weighted by Gasteiger charge is 2.36. The number of hydrogen-bond acceptors (Lipinski definition) is 6. The number of benzene rings is 2. The molecule has 2 aromatic rings. The summed E-state index contributed by atoms with van der Waals surface area (Å²) in [6.07, 6.45) is 1.36. The minimum atomic E-state index is -0.625. The van der Waals surface area contributed by atoms with E-state index in [2.05, 4.69) is 21.2 Å². The summed E-state index contributed by atoms with van der Waals surface area (Å²) in [5.41, 5.74) is 0.782. The van der Waals surface area contributed by atoms with E-state index in [1.54, 1.807) is 30.3 Å². The number of rotatable bonds is 5. The van der Waals surface area contributed by atoms with Crippen LogP contribution in [0.3, 0.4) is 0 Å². The van der Waals surface area contributed by atoms with Crippen LogP contribution in [0.5, 0.6) is 11.5 Å². The van der Waals surface area contributed by atoms with E-state index in [4.69, 9.17) is 16.3 Å². The maximum Gasteiger partial charge on any atom is 0.294 e. The van der Waals surface area contributed by atoms with Crippen molar-refractivity contribution in [2.75, 3.05) is 19.0 Å². The monoisotopic (exact) mass is 496 g/mol. The van der Waals surface area contributed by atoms with E-state index in [-0.39, 0.29) is 21.2 Å². The second-order valence-electron chi connectivity index (χ2n) is 5.87. The number of ether oxygens (including phenoxy) is 1. The van der Waals surface area contributed by atoms with Crippen molar-refractivity contribution in [1.82, 2.24) is 4.90 Å². The number of amides is 3. The minimum Gasteiger partial charge on any atom is -0.506 e. The lowest BCUT2D eigenvalue weighted by molar-refractivity contribution is -0.127. The number of carbonyl (C=O) groups is 3. The smallest absolute Gasteiger partial charge is 0.294 e. The first-order valence-electron chi connectivity index (χ1n) is 8.15. The van der Waals surface area contributed by atoms with Crippen molar-refractivity contribution >= 4 is 68.1 Å². The number of halogens is 2. The largest absolute Gasteiger partial charge is 0.506 e. The van der Waals surface area contributed by atoms with E-state index in [0.29, 0.717) is 27.7 Å². The number of imide groups is 1. The molecular weight excluding hydrogens is 484 g/mol. The molecule has 1 aliphatic heterocycles. The Morgan fingerprint density at radius 3 is 2.66 bits per heavy atom. The highest BCUT2D eigenvalue weighted by atomic mass is 79.9. The first-order valence-corrected chi connectivity index (χ1v) is 10.1. The van der Waals surface area contributed by atoms with Crippen molar-refractivity contribution in [2.24, 2.45) is 0 Å². The van der Waals surface area contributed by atoms with E-state index in [1.807, 2.05) is 0 Å². The highest BCUT2D eigenvalue weighted by Crippen LogP contribution is 2.37. The molecule has 10 heteroatoms. The van der Waals surface area contributed by atoms with Gasteiger partial charge in [0.15, 0.2) is 0 Å². The third-order valence-electron chi connectivity index (χ3n) is 3.89. The van der Waals surface area contributed by atoms with Crippen LogP contribution in [0, 0.1) is 0 Å². The molecule has 3 amide bonds. The lowest BCUT2D eigenvalue weighted by atomic mass is 10.2. The first-order chi connectivity index (χ1) is 13.8. The number of phenols is 1. The number of nitrogens with zero attached hydrogens (tertiary/aromatic N) is 1. The molecule has 1 heterocycles. The zero-order chi connectivity index (χ0) is 21.1. The van der Waals surface area contributed by atoms with Gasteiger partial charge in [0.2, 0.25) is 5.91 Å². The van der Waals surface area contributed by atoms with E-state index >= 15 is 0 Å². The predicted octanol–water partition coefficient (Wildman–Crippen LogP) is 4.49. The molecule has 0 saturated carbocycles. The summed E-state index contributed by atoms with van der Waals surface area (Å²) in [4.78, 5) is 37.9. The van der Waals surface area contributed by atoms with Gasteiger partial charge in [-0.2, -0.15) is 0 Å². The van der Waals surface area contributed by atoms with Crippen LogP contribution in [0.2, 0.25) is 5.02 Å². The topological polar surface area (TPSA) is 95.9 Å². The SMILES string of the molecule is COc1ccc(NC(=O)CN2C(=O)S/C(=C\c3cc(Br)cc(Cl)c3O)C2=O)cc1. The van der Waals surface area contributed by atoms with Gasteiger partial charge in [0.05, 0.1) is 17.0 Å². The standard InChI is InChI=1S/C19H14BrClN2O5S/c1-28-13-4-2-12(3-5-13)22-16(24)9-23-18(26)15(29-19(23)27)7-10-6-11(20)8-14(21)17(10)25/h2-8,25H,9H2,1H3,(H,22,24)/b15-7-. The van der Waals surface area contributed by atoms with Gasteiger partial charge in [0.25, 0.3) is 11.1 Å². The average molecular weight is 498 g/mol. The van der Waals surface area contributed by atoms with Gasteiger partial charge in [0.1, 0.15) is 18.0 Å².